The summed E-state index contributed by atoms with van der Waals surface area (Å²) in [6.45, 7) is 0. The van der Waals surface area contributed by atoms with Crippen LogP contribution in [-0.2, 0) is 0 Å². The Morgan fingerprint density at radius 2 is 1.94 bits per heavy atom. The topological polar surface area (TPSA) is 54.5 Å². The molecule has 84 valence electrons. The fraction of sp³-hybridized carbons (Fsp3) is 0. The first-order chi connectivity index (χ1) is 8.25. The van der Waals surface area contributed by atoms with Gasteiger partial charge in [0, 0.05) is 28.9 Å². The number of nitrogens with one attached hydrogen (secondary N) is 1. The molecule has 0 fully saturated rings. The number of aromatic amines is 1. The van der Waals surface area contributed by atoms with Gasteiger partial charge in [0.05, 0.1) is 9.90 Å². The van der Waals surface area contributed by atoms with E-state index in [9.17, 15) is 4.39 Å². The Balaban J connectivity index is 2.35. The zero-order valence-corrected chi connectivity index (χ0v) is 10.6. The van der Waals surface area contributed by atoms with Gasteiger partial charge in [0.1, 0.15) is 17.8 Å². The zero-order valence-electron chi connectivity index (χ0n) is 8.48. The molecule has 3 aromatic heterocycles. The van der Waals surface area contributed by atoms with Crippen LogP contribution in [0.3, 0.4) is 0 Å². The third-order valence-electron chi connectivity index (χ3n) is 2.42. The number of pyridine rings is 1. The molecule has 0 amide bonds. The molecular weight excluding hydrogens is 334 g/mol. The smallest absolute Gasteiger partial charge is 0.142 e. The van der Waals surface area contributed by atoms with Gasteiger partial charge >= 0.3 is 0 Å². The van der Waals surface area contributed by atoms with E-state index in [-0.39, 0.29) is 5.82 Å². The first-order valence-electron chi connectivity index (χ1n) is 4.84. The monoisotopic (exact) mass is 340 g/mol. The lowest BCUT2D eigenvalue weighted by Gasteiger charge is -1.98. The van der Waals surface area contributed by atoms with E-state index in [0.717, 1.165) is 20.2 Å². The van der Waals surface area contributed by atoms with Gasteiger partial charge < -0.3 is 4.98 Å². The molecule has 0 radical (unpaired) electrons. The molecule has 6 heteroatoms. The van der Waals surface area contributed by atoms with Crippen LogP contribution in [0, 0.1) is 9.52 Å². The molecular formula is C11H6FIN4. The van der Waals surface area contributed by atoms with Crippen molar-refractivity contribution in [3.63, 3.8) is 0 Å². The summed E-state index contributed by atoms with van der Waals surface area (Å²) in [7, 11) is 0. The lowest BCUT2D eigenvalue weighted by atomic mass is 10.1. The van der Waals surface area contributed by atoms with E-state index in [1.165, 1.54) is 18.6 Å². The van der Waals surface area contributed by atoms with E-state index in [1.807, 2.05) is 0 Å². The average Bonchev–Trinajstić information content (AvgIpc) is 2.65. The summed E-state index contributed by atoms with van der Waals surface area (Å²) in [5, 5.41) is 0.740. The van der Waals surface area contributed by atoms with Gasteiger partial charge in [-0.2, -0.15) is 0 Å². The van der Waals surface area contributed by atoms with Crippen LogP contribution in [0.5, 0.6) is 0 Å². The molecule has 0 saturated carbocycles. The highest BCUT2D eigenvalue weighted by Crippen LogP contribution is 2.31. The highest BCUT2D eigenvalue weighted by atomic mass is 127. The van der Waals surface area contributed by atoms with Crippen molar-refractivity contribution in [2.75, 3.05) is 0 Å². The van der Waals surface area contributed by atoms with E-state index >= 15 is 0 Å². The van der Waals surface area contributed by atoms with Crippen molar-refractivity contribution >= 4 is 33.6 Å². The van der Waals surface area contributed by atoms with E-state index in [2.05, 4.69) is 42.5 Å². The van der Waals surface area contributed by atoms with Crippen LogP contribution in [0.25, 0.3) is 22.2 Å². The molecule has 0 aromatic carbocycles. The molecule has 4 nitrogen and oxygen atoms in total. The summed E-state index contributed by atoms with van der Waals surface area (Å²) in [4.78, 5) is 15.1. The van der Waals surface area contributed by atoms with Gasteiger partial charge in [-0.05, 0) is 28.7 Å². The van der Waals surface area contributed by atoms with Crippen LogP contribution in [0.2, 0.25) is 0 Å². The molecule has 0 unspecified atom stereocenters. The number of hydrogen-bond donors (Lipinski definition) is 1. The summed E-state index contributed by atoms with van der Waals surface area (Å²) < 4.78 is 14.1. The number of rotatable bonds is 1. The van der Waals surface area contributed by atoms with Crippen LogP contribution in [0.4, 0.5) is 4.39 Å². The SMILES string of the molecule is Fc1cnc2[nH]c(I)c(-c3cncnc3)c2c1. The normalized spacial score (nSPS) is 10.9. The first-order valence-corrected chi connectivity index (χ1v) is 5.91. The molecule has 0 aliphatic heterocycles. The summed E-state index contributed by atoms with van der Waals surface area (Å²) in [5.74, 6) is -0.356. The highest BCUT2D eigenvalue weighted by molar-refractivity contribution is 14.1. The molecule has 3 aromatic rings. The van der Waals surface area contributed by atoms with Crippen molar-refractivity contribution in [1.82, 2.24) is 19.9 Å². The van der Waals surface area contributed by atoms with Crippen molar-refractivity contribution in [3.8, 4) is 11.1 Å². The minimum absolute atomic E-state index is 0.356. The predicted molar refractivity (Wildman–Crippen MR) is 69.8 cm³/mol. The van der Waals surface area contributed by atoms with Gasteiger partial charge in [0.15, 0.2) is 0 Å². The van der Waals surface area contributed by atoms with Gasteiger partial charge in [-0.25, -0.2) is 19.3 Å². The van der Waals surface area contributed by atoms with Crippen LogP contribution in [0.15, 0.2) is 31.0 Å². The Kier molecular flexibility index (Phi) is 2.50. The number of halogens is 2. The fourth-order valence-electron chi connectivity index (χ4n) is 1.72. The Hall–Kier alpha value is -1.57. The molecule has 0 atom stereocenters. The molecule has 17 heavy (non-hydrogen) atoms. The van der Waals surface area contributed by atoms with Gasteiger partial charge in [0.2, 0.25) is 0 Å². The van der Waals surface area contributed by atoms with Crippen LogP contribution in [0.1, 0.15) is 0 Å². The van der Waals surface area contributed by atoms with E-state index in [1.54, 1.807) is 12.4 Å². The number of hydrogen-bond acceptors (Lipinski definition) is 3. The van der Waals surface area contributed by atoms with Gasteiger partial charge in [-0.3, -0.25) is 0 Å². The third kappa shape index (κ3) is 1.78. The second-order valence-corrected chi connectivity index (χ2v) is 4.57. The van der Waals surface area contributed by atoms with Gasteiger partial charge in [0.25, 0.3) is 0 Å². The Morgan fingerprint density at radius 1 is 1.18 bits per heavy atom. The maximum atomic E-state index is 13.2. The maximum absolute atomic E-state index is 13.2. The van der Waals surface area contributed by atoms with Crippen molar-refractivity contribution < 1.29 is 4.39 Å². The van der Waals surface area contributed by atoms with E-state index < -0.39 is 0 Å². The fourth-order valence-corrected chi connectivity index (χ4v) is 2.58. The van der Waals surface area contributed by atoms with Gasteiger partial charge in [-0.1, -0.05) is 0 Å². The Morgan fingerprint density at radius 3 is 2.71 bits per heavy atom. The Bertz CT molecular complexity index is 681. The molecule has 0 spiro atoms. The third-order valence-corrected chi connectivity index (χ3v) is 3.23. The van der Waals surface area contributed by atoms with Crippen molar-refractivity contribution in [1.29, 1.82) is 0 Å². The van der Waals surface area contributed by atoms with E-state index in [0.29, 0.717) is 5.65 Å². The molecule has 3 rings (SSSR count). The highest BCUT2D eigenvalue weighted by Gasteiger charge is 2.13. The number of fused-ring (bicyclic) bond motifs is 1. The predicted octanol–water partition coefficient (Wildman–Crippen LogP) is 2.76. The number of H-pyrrole nitrogens is 1. The maximum Gasteiger partial charge on any atom is 0.142 e. The molecule has 0 bridgehead atoms. The standard InChI is InChI=1S/C11H6FIN4/c12-7-1-8-9(6-2-14-5-15-3-6)10(13)17-11(8)16-4-7/h1-5H,(H,16,17). The quantitative estimate of drug-likeness (QED) is 0.693. The summed E-state index contributed by atoms with van der Waals surface area (Å²) in [5.41, 5.74) is 2.39. The second-order valence-electron chi connectivity index (χ2n) is 3.49. The van der Waals surface area contributed by atoms with Crippen molar-refractivity contribution in [2.45, 2.75) is 0 Å². The van der Waals surface area contributed by atoms with Crippen molar-refractivity contribution in [3.05, 3.63) is 40.5 Å². The molecule has 1 N–H and O–H groups in total. The average molecular weight is 340 g/mol. The lowest BCUT2D eigenvalue weighted by Crippen LogP contribution is -1.84. The number of aromatic nitrogens is 4. The first kappa shape index (κ1) is 10.6. The zero-order chi connectivity index (χ0) is 11.8. The Labute approximate surface area is 109 Å². The van der Waals surface area contributed by atoms with Gasteiger partial charge in [-0.15, -0.1) is 0 Å². The summed E-state index contributed by atoms with van der Waals surface area (Å²) in [6, 6.07) is 1.46. The van der Waals surface area contributed by atoms with Crippen LogP contribution in [-0.4, -0.2) is 19.9 Å². The molecule has 0 aliphatic rings. The second kappa shape index (κ2) is 4.02. The summed E-state index contributed by atoms with van der Waals surface area (Å²) in [6.07, 6.45) is 6.05. The number of nitrogens with zero attached hydrogens (tertiary/aromatic N) is 3. The molecule has 0 saturated heterocycles. The largest absolute Gasteiger partial charge is 0.334 e. The van der Waals surface area contributed by atoms with Crippen LogP contribution < -0.4 is 0 Å². The molecule has 0 aliphatic carbocycles. The van der Waals surface area contributed by atoms with Crippen LogP contribution >= 0.6 is 22.6 Å². The lowest BCUT2D eigenvalue weighted by molar-refractivity contribution is 0.624. The molecule has 3 heterocycles. The van der Waals surface area contributed by atoms with Crippen molar-refractivity contribution in [2.24, 2.45) is 0 Å². The summed E-state index contributed by atoms with van der Waals surface area (Å²) >= 11 is 2.16. The minimum Gasteiger partial charge on any atom is -0.334 e. The minimum atomic E-state index is -0.356. The van der Waals surface area contributed by atoms with E-state index in [4.69, 9.17) is 0 Å².